The Morgan fingerprint density at radius 1 is 0.306 bits per heavy atom. The van der Waals surface area contributed by atoms with E-state index in [1.807, 2.05) is 41.5 Å². The summed E-state index contributed by atoms with van der Waals surface area (Å²) in [7, 11) is -20.7. The Labute approximate surface area is 224 Å². The van der Waals surface area contributed by atoms with Crippen LogP contribution in [-0.4, -0.2) is 92.5 Å². The van der Waals surface area contributed by atoms with Gasteiger partial charge in [-0.2, -0.15) is 0 Å². The van der Waals surface area contributed by atoms with E-state index in [4.69, 9.17) is 51.2 Å². The first kappa shape index (κ1) is 34.8. The Morgan fingerprint density at radius 3 is 0.500 bits per heavy atom. The summed E-state index contributed by atoms with van der Waals surface area (Å²) in [6, 6.07) is 0. The molecule has 36 heavy (non-hydrogen) atoms. The Bertz CT molecular complexity index is 510. The summed E-state index contributed by atoms with van der Waals surface area (Å²) >= 11 is 0. The third kappa shape index (κ3) is 10.8. The van der Waals surface area contributed by atoms with Gasteiger partial charge in [0.1, 0.15) is 0 Å². The minimum Gasteiger partial charge on any atom is -0.375 e. The second-order valence-corrected chi connectivity index (χ2v) is 25.4. The highest BCUT2D eigenvalue weighted by Gasteiger charge is 2.63. The molecule has 0 N–H and O–H groups in total. The minimum atomic E-state index is -3.45. The van der Waals surface area contributed by atoms with Gasteiger partial charge in [-0.15, -0.1) is 0 Å². The highest BCUT2D eigenvalue weighted by Crippen LogP contribution is 2.33. The first-order valence-electron chi connectivity index (χ1n) is 12.6. The molecule has 0 radical (unpaired) electrons. The summed E-state index contributed by atoms with van der Waals surface area (Å²) < 4.78 is 75.9. The van der Waals surface area contributed by atoms with Crippen LogP contribution in [0.15, 0.2) is 0 Å². The summed E-state index contributed by atoms with van der Waals surface area (Å²) in [6.07, 6.45) is 0. The van der Waals surface area contributed by atoms with Gasteiger partial charge in [-0.1, -0.05) is 0 Å². The number of hydrogen-bond donors (Lipinski definition) is 0. The van der Waals surface area contributed by atoms with Crippen molar-refractivity contribution in [3.05, 3.63) is 0 Å². The van der Waals surface area contributed by atoms with Crippen molar-refractivity contribution in [3.63, 3.8) is 0 Å². The first-order chi connectivity index (χ1) is 16.6. The van der Waals surface area contributed by atoms with Crippen LogP contribution in [0.5, 0.6) is 0 Å². The smallest absolute Gasteiger partial charge is 0.375 e. The van der Waals surface area contributed by atoms with Crippen molar-refractivity contribution in [2.24, 2.45) is 0 Å². The zero-order chi connectivity index (χ0) is 27.7. The SMILES string of the molecule is CCO[Si]1(C)O[Si](C)(OCC)O[Si](C)(OCC)O[Si](C)(OCC)O[Si](C)(OCC)O[Si](C)(OCC)O1. The molecule has 1 heterocycles. The largest absolute Gasteiger partial charge is 0.482 e. The molecule has 0 saturated carbocycles. The third-order valence-electron chi connectivity index (χ3n) is 4.66. The molecule has 1 fully saturated rings. The predicted molar refractivity (Wildman–Crippen MR) is 146 cm³/mol. The molecule has 0 aliphatic carbocycles. The van der Waals surface area contributed by atoms with Crippen molar-refractivity contribution in [2.75, 3.05) is 39.6 Å². The number of hydrogen-bond acceptors (Lipinski definition) is 12. The van der Waals surface area contributed by atoms with Gasteiger partial charge in [-0.25, -0.2) is 0 Å². The highest BCUT2D eigenvalue weighted by molar-refractivity contribution is 6.88. The monoisotopic (exact) mass is 624 g/mol. The molecule has 1 aliphatic heterocycles. The van der Waals surface area contributed by atoms with E-state index in [2.05, 4.69) is 0 Å². The van der Waals surface area contributed by atoms with Gasteiger partial charge in [0.15, 0.2) is 0 Å². The van der Waals surface area contributed by atoms with Crippen molar-refractivity contribution < 1.29 is 51.2 Å². The molecule has 1 aliphatic rings. The normalized spacial score (nSPS) is 41.0. The Hall–Kier alpha value is 0.821. The molecule has 12 nitrogen and oxygen atoms in total. The minimum absolute atomic E-state index is 0.346. The molecular formula is C18H48O12Si6. The van der Waals surface area contributed by atoms with Crippen molar-refractivity contribution in [3.8, 4) is 0 Å². The summed E-state index contributed by atoms with van der Waals surface area (Å²) in [6.45, 7) is 24.0. The average molecular weight is 625 g/mol. The van der Waals surface area contributed by atoms with Crippen LogP contribution in [-0.2, 0) is 51.2 Å². The summed E-state index contributed by atoms with van der Waals surface area (Å²) in [5, 5.41) is 0. The van der Waals surface area contributed by atoms with Gasteiger partial charge in [-0.05, 0) is 41.5 Å². The van der Waals surface area contributed by atoms with Gasteiger partial charge in [0.25, 0.3) is 0 Å². The van der Waals surface area contributed by atoms with Gasteiger partial charge in [-0.3, -0.25) is 0 Å². The molecule has 0 spiro atoms. The van der Waals surface area contributed by atoms with E-state index in [0.29, 0.717) is 39.6 Å². The fourth-order valence-electron chi connectivity index (χ4n) is 4.07. The summed E-state index contributed by atoms with van der Waals surface area (Å²) in [5.41, 5.74) is 0. The zero-order valence-corrected chi connectivity index (χ0v) is 30.1. The van der Waals surface area contributed by atoms with E-state index in [9.17, 15) is 0 Å². The Balaban J connectivity index is 3.77. The van der Waals surface area contributed by atoms with Gasteiger partial charge in [0.05, 0.1) is 0 Å². The van der Waals surface area contributed by atoms with Gasteiger partial charge in [0.2, 0.25) is 0 Å². The predicted octanol–water partition coefficient (Wildman–Crippen LogP) is 3.73. The topological polar surface area (TPSA) is 111 Å². The molecule has 0 aromatic rings. The third-order valence-corrected chi connectivity index (χ3v) is 27.3. The summed E-state index contributed by atoms with van der Waals surface area (Å²) in [5.74, 6) is 0. The molecule has 216 valence electrons. The van der Waals surface area contributed by atoms with E-state index in [1.165, 1.54) is 0 Å². The lowest BCUT2D eigenvalue weighted by Gasteiger charge is -2.46. The van der Waals surface area contributed by atoms with Gasteiger partial charge >= 0.3 is 52.8 Å². The van der Waals surface area contributed by atoms with Crippen LogP contribution in [0.25, 0.3) is 0 Å². The second-order valence-electron chi connectivity index (χ2n) is 8.38. The number of rotatable bonds is 12. The first-order valence-corrected chi connectivity index (χ1v) is 26.0. The van der Waals surface area contributed by atoms with Crippen molar-refractivity contribution >= 4 is 52.8 Å². The highest BCUT2D eigenvalue weighted by atomic mass is 28.6. The van der Waals surface area contributed by atoms with Crippen LogP contribution in [0.4, 0.5) is 0 Å². The van der Waals surface area contributed by atoms with Crippen LogP contribution in [0.1, 0.15) is 41.5 Å². The maximum Gasteiger partial charge on any atom is 0.482 e. The van der Waals surface area contributed by atoms with Gasteiger partial charge < -0.3 is 51.2 Å². The van der Waals surface area contributed by atoms with Gasteiger partial charge in [0, 0.05) is 78.9 Å². The zero-order valence-electron chi connectivity index (χ0n) is 24.1. The van der Waals surface area contributed by atoms with Crippen molar-refractivity contribution in [2.45, 2.75) is 80.8 Å². The van der Waals surface area contributed by atoms with E-state index in [-0.39, 0.29) is 0 Å². The Kier molecular flexibility index (Phi) is 14.0. The molecule has 0 unspecified atom stereocenters. The Morgan fingerprint density at radius 2 is 0.417 bits per heavy atom. The van der Waals surface area contributed by atoms with Crippen LogP contribution >= 0.6 is 0 Å². The molecular weight excluding hydrogens is 577 g/mol. The lowest BCUT2D eigenvalue weighted by Crippen LogP contribution is -2.70. The lowest BCUT2D eigenvalue weighted by atomic mass is 10.9. The van der Waals surface area contributed by atoms with Crippen LogP contribution in [0.3, 0.4) is 0 Å². The maximum atomic E-state index is 6.57. The van der Waals surface area contributed by atoms with E-state index in [1.54, 1.807) is 39.3 Å². The molecule has 0 aromatic heterocycles. The van der Waals surface area contributed by atoms with E-state index in [0.717, 1.165) is 0 Å². The molecule has 0 amide bonds. The maximum absolute atomic E-state index is 6.57. The van der Waals surface area contributed by atoms with Crippen molar-refractivity contribution in [1.82, 2.24) is 0 Å². The summed E-state index contributed by atoms with van der Waals surface area (Å²) in [4.78, 5) is 0. The quantitative estimate of drug-likeness (QED) is 0.295. The molecule has 1 rings (SSSR count). The van der Waals surface area contributed by atoms with Crippen LogP contribution in [0.2, 0.25) is 39.3 Å². The average Bonchev–Trinajstić information content (AvgIpc) is 2.65. The van der Waals surface area contributed by atoms with Crippen LogP contribution < -0.4 is 0 Å². The van der Waals surface area contributed by atoms with Crippen LogP contribution in [0, 0.1) is 0 Å². The standard InChI is InChI=1S/C18H48O12Si6/c1-13-19-31(7)25-32(8,20-14-2)27-34(10,22-16-4)29-36(12,24-18-6)30-35(11,23-17-5)28-33(9,26-31)21-15-3/h13-18H2,1-12H3. The lowest BCUT2D eigenvalue weighted by molar-refractivity contribution is 0.0295. The molecule has 0 bridgehead atoms. The second kappa shape index (κ2) is 14.5. The molecule has 0 atom stereocenters. The fourth-order valence-corrected chi connectivity index (χ4v) is 29.5. The molecule has 1 saturated heterocycles. The van der Waals surface area contributed by atoms with E-state index < -0.39 is 52.8 Å². The molecule has 18 heteroatoms. The molecule has 0 aromatic carbocycles. The van der Waals surface area contributed by atoms with E-state index >= 15 is 0 Å². The fraction of sp³-hybridized carbons (Fsp3) is 1.00. The van der Waals surface area contributed by atoms with Crippen molar-refractivity contribution in [1.29, 1.82) is 0 Å².